The first-order chi connectivity index (χ1) is 13.0. The molecule has 0 radical (unpaired) electrons. The predicted molar refractivity (Wildman–Crippen MR) is 99.5 cm³/mol. The second-order valence-corrected chi connectivity index (χ2v) is 6.35. The van der Waals surface area contributed by atoms with Crippen LogP contribution in [0.3, 0.4) is 0 Å². The maximum atomic E-state index is 12.7. The van der Waals surface area contributed by atoms with Gasteiger partial charge < -0.3 is 25.3 Å². The number of para-hydroxylation sites is 1. The van der Waals surface area contributed by atoms with Crippen molar-refractivity contribution in [3.8, 4) is 17.2 Å². The molecule has 1 aliphatic heterocycles. The van der Waals surface area contributed by atoms with E-state index in [9.17, 15) is 9.59 Å². The highest BCUT2D eigenvalue weighted by atomic mass is 35.5. The summed E-state index contributed by atoms with van der Waals surface area (Å²) in [6.45, 7) is 0.187. The summed E-state index contributed by atoms with van der Waals surface area (Å²) in [7, 11) is 1.45. The zero-order valence-corrected chi connectivity index (χ0v) is 15.4. The molecular formula is C19H19ClN2O5. The number of halogens is 1. The van der Waals surface area contributed by atoms with E-state index in [1.807, 2.05) is 12.1 Å². The number of nitrogens with two attached hydrogens (primary N) is 1. The summed E-state index contributed by atoms with van der Waals surface area (Å²) in [4.78, 5) is 23.6. The summed E-state index contributed by atoms with van der Waals surface area (Å²) in [5.74, 6) is 0.391. The largest absolute Gasteiger partial charge is 0.493 e. The molecule has 3 N–H and O–H groups in total. The van der Waals surface area contributed by atoms with E-state index in [1.54, 1.807) is 24.3 Å². The standard InChI is InChI=1S/C19H19ClN2O5/c1-25-16-9-11(5-6-15(16)27-10-17(21)23)19(24)22-14-7-8-26-18-12(14)3-2-4-13(18)20/h2-6,9,14H,7-8,10H2,1H3,(H2,21,23)(H,22,24). The fraction of sp³-hybridized carbons (Fsp3) is 0.263. The number of fused-ring (bicyclic) bond motifs is 1. The number of nitrogens with one attached hydrogen (secondary N) is 1. The Bertz CT molecular complexity index is 871. The average Bonchev–Trinajstić information content (AvgIpc) is 2.67. The van der Waals surface area contributed by atoms with Gasteiger partial charge >= 0.3 is 0 Å². The molecule has 0 saturated heterocycles. The molecule has 2 aromatic carbocycles. The van der Waals surface area contributed by atoms with Gasteiger partial charge in [-0.05, 0) is 24.3 Å². The van der Waals surface area contributed by atoms with Gasteiger partial charge in [-0.3, -0.25) is 9.59 Å². The van der Waals surface area contributed by atoms with Gasteiger partial charge in [0, 0.05) is 17.5 Å². The molecular weight excluding hydrogens is 372 g/mol. The monoisotopic (exact) mass is 390 g/mol. The number of hydrogen-bond donors (Lipinski definition) is 2. The van der Waals surface area contributed by atoms with E-state index in [0.29, 0.717) is 40.9 Å². The Kier molecular flexibility index (Phi) is 5.71. The molecule has 2 amide bonds. The zero-order valence-electron chi connectivity index (χ0n) is 14.7. The number of benzene rings is 2. The van der Waals surface area contributed by atoms with E-state index < -0.39 is 5.91 Å². The van der Waals surface area contributed by atoms with E-state index in [0.717, 1.165) is 5.56 Å². The van der Waals surface area contributed by atoms with Crippen LogP contribution in [0.2, 0.25) is 5.02 Å². The number of primary amides is 1. The number of amides is 2. The lowest BCUT2D eigenvalue weighted by atomic mass is 10.00. The topological polar surface area (TPSA) is 99.9 Å². The van der Waals surface area contributed by atoms with Crippen molar-refractivity contribution >= 4 is 23.4 Å². The SMILES string of the molecule is COc1cc(C(=O)NC2CCOc3c(Cl)cccc32)ccc1OCC(N)=O. The van der Waals surface area contributed by atoms with E-state index >= 15 is 0 Å². The lowest BCUT2D eigenvalue weighted by Crippen LogP contribution is -2.32. The summed E-state index contributed by atoms with van der Waals surface area (Å²) < 4.78 is 16.1. The van der Waals surface area contributed by atoms with Crippen molar-refractivity contribution in [2.24, 2.45) is 5.73 Å². The van der Waals surface area contributed by atoms with Crippen LogP contribution in [0, 0.1) is 0 Å². The zero-order chi connectivity index (χ0) is 19.4. The lowest BCUT2D eigenvalue weighted by molar-refractivity contribution is -0.119. The molecule has 7 nitrogen and oxygen atoms in total. The third-order valence-corrected chi connectivity index (χ3v) is 4.42. The normalized spacial score (nSPS) is 15.3. The van der Waals surface area contributed by atoms with Crippen LogP contribution < -0.4 is 25.3 Å². The van der Waals surface area contributed by atoms with Crippen LogP contribution in [0.1, 0.15) is 28.4 Å². The molecule has 1 atom stereocenters. The summed E-state index contributed by atoms with van der Waals surface area (Å²) in [6, 6.07) is 9.94. The van der Waals surface area contributed by atoms with Crippen molar-refractivity contribution in [1.29, 1.82) is 0 Å². The maximum absolute atomic E-state index is 12.7. The second kappa shape index (κ2) is 8.18. The van der Waals surface area contributed by atoms with Crippen LogP contribution in [0.5, 0.6) is 17.2 Å². The number of methoxy groups -OCH3 is 1. The van der Waals surface area contributed by atoms with E-state index in [1.165, 1.54) is 7.11 Å². The molecule has 0 bridgehead atoms. The molecule has 2 aromatic rings. The lowest BCUT2D eigenvalue weighted by Gasteiger charge is -2.27. The van der Waals surface area contributed by atoms with Gasteiger partial charge in [0.1, 0.15) is 5.75 Å². The van der Waals surface area contributed by atoms with Crippen molar-refractivity contribution in [2.75, 3.05) is 20.3 Å². The molecule has 0 saturated carbocycles. The van der Waals surface area contributed by atoms with Gasteiger partial charge in [0.2, 0.25) is 0 Å². The third kappa shape index (κ3) is 4.25. The fourth-order valence-corrected chi connectivity index (χ4v) is 3.09. The van der Waals surface area contributed by atoms with E-state index in [2.05, 4.69) is 5.32 Å². The average molecular weight is 391 g/mol. The summed E-state index contributed by atoms with van der Waals surface area (Å²) >= 11 is 6.17. The van der Waals surface area contributed by atoms with Crippen molar-refractivity contribution < 1.29 is 23.8 Å². The summed E-state index contributed by atoms with van der Waals surface area (Å²) in [6.07, 6.45) is 0.635. The molecule has 0 fully saturated rings. The van der Waals surface area contributed by atoms with Gasteiger partial charge in [0.25, 0.3) is 11.8 Å². The van der Waals surface area contributed by atoms with Gasteiger partial charge in [-0.2, -0.15) is 0 Å². The molecule has 0 spiro atoms. The molecule has 1 unspecified atom stereocenters. The van der Waals surface area contributed by atoms with Crippen LogP contribution in [0.25, 0.3) is 0 Å². The predicted octanol–water partition coefficient (Wildman–Crippen LogP) is 2.47. The molecule has 0 aromatic heterocycles. The van der Waals surface area contributed by atoms with Crippen LogP contribution in [-0.2, 0) is 4.79 Å². The maximum Gasteiger partial charge on any atom is 0.255 e. The smallest absolute Gasteiger partial charge is 0.255 e. The first-order valence-corrected chi connectivity index (χ1v) is 8.68. The van der Waals surface area contributed by atoms with Gasteiger partial charge in [-0.1, -0.05) is 23.7 Å². The van der Waals surface area contributed by atoms with Crippen molar-refractivity contribution in [2.45, 2.75) is 12.5 Å². The minimum Gasteiger partial charge on any atom is -0.493 e. The molecule has 8 heteroatoms. The number of carbonyl (C=O) groups excluding carboxylic acids is 2. The van der Waals surface area contributed by atoms with Gasteiger partial charge in [-0.25, -0.2) is 0 Å². The third-order valence-electron chi connectivity index (χ3n) is 4.13. The highest BCUT2D eigenvalue weighted by molar-refractivity contribution is 6.32. The van der Waals surface area contributed by atoms with Crippen LogP contribution in [0.4, 0.5) is 0 Å². The quantitative estimate of drug-likeness (QED) is 0.789. The highest BCUT2D eigenvalue weighted by Crippen LogP contribution is 2.37. The van der Waals surface area contributed by atoms with E-state index in [-0.39, 0.29) is 18.6 Å². The Morgan fingerprint density at radius 2 is 2.11 bits per heavy atom. The Hall–Kier alpha value is -2.93. The first-order valence-electron chi connectivity index (χ1n) is 8.31. The molecule has 0 aliphatic carbocycles. The molecule has 142 valence electrons. The number of ether oxygens (including phenoxy) is 3. The fourth-order valence-electron chi connectivity index (χ4n) is 2.85. The van der Waals surface area contributed by atoms with Crippen LogP contribution >= 0.6 is 11.6 Å². The van der Waals surface area contributed by atoms with Crippen molar-refractivity contribution in [3.63, 3.8) is 0 Å². The summed E-state index contributed by atoms with van der Waals surface area (Å²) in [5.41, 5.74) is 6.31. The highest BCUT2D eigenvalue weighted by Gasteiger charge is 2.25. The number of rotatable bonds is 6. The molecule has 3 rings (SSSR count). The Balaban J connectivity index is 1.77. The van der Waals surface area contributed by atoms with Crippen molar-refractivity contribution in [3.05, 3.63) is 52.5 Å². The van der Waals surface area contributed by atoms with Crippen LogP contribution in [-0.4, -0.2) is 32.1 Å². The molecule has 1 aliphatic rings. The Morgan fingerprint density at radius 1 is 1.30 bits per heavy atom. The summed E-state index contributed by atoms with van der Waals surface area (Å²) in [5, 5.41) is 3.51. The Morgan fingerprint density at radius 3 is 2.85 bits per heavy atom. The van der Waals surface area contributed by atoms with Gasteiger partial charge in [-0.15, -0.1) is 0 Å². The molecule has 27 heavy (non-hydrogen) atoms. The Labute approximate surface area is 161 Å². The van der Waals surface area contributed by atoms with Crippen molar-refractivity contribution in [1.82, 2.24) is 5.32 Å². The minimum absolute atomic E-state index is 0.211. The van der Waals surface area contributed by atoms with Crippen LogP contribution in [0.15, 0.2) is 36.4 Å². The number of carbonyl (C=O) groups is 2. The van der Waals surface area contributed by atoms with Gasteiger partial charge in [0.05, 0.1) is 24.8 Å². The molecule has 1 heterocycles. The van der Waals surface area contributed by atoms with Gasteiger partial charge in [0.15, 0.2) is 18.1 Å². The minimum atomic E-state index is -0.601. The first kappa shape index (κ1) is 18.8. The number of hydrogen-bond acceptors (Lipinski definition) is 5. The van der Waals surface area contributed by atoms with E-state index in [4.69, 9.17) is 31.5 Å². The second-order valence-electron chi connectivity index (χ2n) is 5.94.